The van der Waals surface area contributed by atoms with Gasteiger partial charge in [0.15, 0.2) is 17.3 Å². The van der Waals surface area contributed by atoms with Gasteiger partial charge in [0.05, 0.1) is 11.4 Å². The molecule has 1 aromatic carbocycles. The van der Waals surface area contributed by atoms with Crippen LogP contribution in [0.1, 0.15) is 5.69 Å². The number of H-pyrrole nitrogens is 1. The molecule has 0 spiro atoms. The van der Waals surface area contributed by atoms with Crippen molar-refractivity contribution in [1.29, 1.82) is 0 Å². The minimum atomic E-state index is -0.735. The molecule has 1 aromatic heterocycles. The molecule has 7 heteroatoms. The minimum absolute atomic E-state index is 0.145. The smallest absolute Gasteiger partial charge is 0.270 e. The number of carbonyl (C=O) groups is 1. The van der Waals surface area contributed by atoms with E-state index in [2.05, 4.69) is 15.5 Å². The molecular formula is C13H14N4O3. The van der Waals surface area contributed by atoms with Crippen LogP contribution >= 0.6 is 0 Å². The number of hydrogen-bond acceptors (Lipinski definition) is 5. The summed E-state index contributed by atoms with van der Waals surface area (Å²) in [6.07, 6.45) is -0.735. The van der Waals surface area contributed by atoms with Crippen molar-refractivity contribution < 1.29 is 14.3 Å². The highest BCUT2D eigenvalue weighted by Crippen LogP contribution is 2.31. The summed E-state index contributed by atoms with van der Waals surface area (Å²) in [6, 6.07) is 7.20. The molecule has 1 amide bonds. The molecule has 1 atom stereocenters. The van der Waals surface area contributed by atoms with E-state index in [1.54, 1.807) is 19.1 Å². The second-order valence-electron chi connectivity index (χ2n) is 4.46. The summed E-state index contributed by atoms with van der Waals surface area (Å²) < 4.78 is 11.1. The Kier molecular flexibility index (Phi) is 2.94. The third-order valence-electron chi connectivity index (χ3n) is 3.04. The molecule has 0 aliphatic carbocycles. The predicted octanol–water partition coefficient (Wildman–Crippen LogP) is 1.08. The van der Waals surface area contributed by atoms with Gasteiger partial charge in [0.2, 0.25) is 6.10 Å². The summed E-state index contributed by atoms with van der Waals surface area (Å²) in [6.45, 7) is 1.92. The van der Waals surface area contributed by atoms with Gasteiger partial charge in [-0.3, -0.25) is 9.89 Å². The first-order chi connectivity index (χ1) is 9.65. The molecular weight excluding hydrogens is 260 g/mol. The normalized spacial score (nSPS) is 16.8. The number of nitrogens with zero attached hydrogens (tertiary/aromatic N) is 1. The molecule has 1 unspecified atom stereocenters. The number of carbonyl (C=O) groups excluding carboxylic acids is 1. The lowest BCUT2D eigenvalue weighted by atomic mass is 10.2. The van der Waals surface area contributed by atoms with Crippen molar-refractivity contribution in [3.63, 3.8) is 0 Å². The molecule has 20 heavy (non-hydrogen) atoms. The molecule has 1 aliphatic rings. The highest BCUT2D eigenvalue weighted by atomic mass is 16.6. The summed E-state index contributed by atoms with van der Waals surface area (Å²) in [4.78, 5) is 12.1. The van der Waals surface area contributed by atoms with E-state index in [9.17, 15) is 4.79 Å². The van der Waals surface area contributed by atoms with Crippen LogP contribution in [0.3, 0.4) is 0 Å². The number of anilines is 2. The number of para-hydroxylation sites is 2. The Morgan fingerprint density at radius 3 is 2.90 bits per heavy atom. The second kappa shape index (κ2) is 4.76. The number of nitrogens with one attached hydrogen (secondary N) is 2. The number of aryl methyl sites for hydroxylation is 1. The molecule has 0 fully saturated rings. The third kappa shape index (κ3) is 2.13. The zero-order chi connectivity index (χ0) is 14.1. The molecule has 0 radical (unpaired) electrons. The van der Waals surface area contributed by atoms with Crippen molar-refractivity contribution in [1.82, 2.24) is 10.2 Å². The molecule has 1 aliphatic heterocycles. The van der Waals surface area contributed by atoms with Crippen molar-refractivity contribution >= 4 is 17.4 Å². The number of fused-ring (bicyclic) bond motifs is 1. The number of nitrogens with two attached hydrogens (primary N) is 1. The highest BCUT2D eigenvalue weighted by molar-refractivity contribution is 5.96. The number of amides is 1. The first kappa shape index (κ1) is 12.3. The van der Waals surface area contributed by atoms with E-state index in [4.69, 9.17) is 15.2 Å². The number of rotatable bonds is 2. The van der Waals surface area contributed by atoms with Crippen molar-refractivity contribution in [2.24, 2.45) is 0 Å². The largest absolute Gasteiger partial charge is 0.485 e. The van der Waals surface area contributed by atoms with Gasteiger partial charge in [0.25, 0.3) is 5.91 Å². The van der Waals surface area contributed by atoms with Crippen LogP contribution in [-0.2, 0) is 4.79 Å². The minimum Gasteiger partial charge on any atom is -0.485 e. The van der Waals surface area contributed by atoms with Crippen molar-refractivity contribution in [3.05, 3.63) is 30.0 Å². The SMILES string of the molecule is Cc1[nH]nc(NC(=O)C2COc3ccccc3O2)c1N. The molecule has 2 heterocycles. The molecule has 2 aromatic rings. The fraction of sp³-hybridized carbons (Fsp3) is 0.231. The number of ether oxygens (including phenoxy) is 2. The van der Waals surface area contributed by atoms with Gasteiger partial charge in [0, 0.05) is 0 Å². The van der Waals surface area contributed by atoms with E-state index in [-0.39, 0.29) is 12.5 Å². The van der Waals surface area contributed by atoms with Gasteiger partial charge in [-0.1, -0.05) is 12.1 Å². The van der Waals surface area contributed by atoms with E-state index < -0.39 is 6.10 Å². The van der Waals surface area contributed by atoms with Gasteiger partial charge >= 0.3 is 0 Å². The predicted molar refractivity (Wildman–Crippen MR) is 72.7 cm³/mol. The lowest BCUT2D eigenvalue weighted by Gasteiger charge is -2.25. The van der Waals surface area contributed by atoms with E-state index in [0.29, 0.717) is 28.7 Å². The Bertz CT molecular complexity index is 653. The van der Waals surface area contributed by atoms with Crippen molar-refractivity contribution in [2.45, 2.75) is 13.0 Å². The van der Waals surface area contributed by atoms with Crippen LogP contribution < -0.4 is 20.5 Å². The lowest BCUT2D eigenvalue weighted by molar-refractivity contribution is -0.125. The molecule has 104 valence electrons. The van der Waals surface area contributed by atoms with Gasteiger partial charge in [-0.25, -0.2) is 0 Å². The average Bonchev–Trinajstić information content (AvgIpc) is 2.78. The molecule has 3 rings (SSSR count). The number of aromatic amines is 1. The summed E-state index contributed by atoms with van der Waals surface area (Å²) in [5.41, 5.74) is 6.89. The number of nitrogen functional groups attached to an aromatic ring is 1. The van der Waals surface area contributed by atoms with Gasteiger partial charge in [-0.15, -0.1) is 0 Å². The Hall–Kier alpha value is -2.70. The molecule has 4 N–H and O–H groups in total. The maximum atomic E-state index is 12.1. The monoisotopic (exact) mass is 274 g/mol. The molecule has 0 bridgehead atoms. The quantitative estimate of drug-likeness (QED) is 0.760. The maximum absolute atomic E-state index is 12.1. The van der Waals surface area contributed by atoms with Gasteiger partial charge in [-0.05, 0) is 19.1 Å². The van der Waals surface area contributed by atoms with E-state index in [1.165, 1.54) is 0 Å². The Labute approximate surface area is 115 Å². The van der Waals surface area contributed by atoms with Gasteiger partial charge in [-0.2, -0.15) is 5.10 Å². The maximum Gasteiger partial charge on any atom is 0.270 e. The number of aromatic nitrogens is 2. The molecule has 0 saturated heterocycles. The first-order valence-electron chi connectivity index (χ1n) is 6.15. The summed E-state index contributed by atoms with van der Waals surface area (Å²) in [5, 5.41) is 9.24. The first-order valence-corrected chi connectivity index (χ1v) is 6.15. The van der Waals surface area contributed by atoms with E-state index >= 15 is 0 Å². The van der Waals surface area contributed by atoms with E-state index in [0.717, 1.165) is 0 Å². The third-order valence-corrected chi connectivity index (χ3v) is 3.04. The fourth-order valence-corrected chi connectivity index (χ4v) is 1.88. The van der Waals surface area contributed by atoms with E-state index in [1.807, 2.05) is 12.1 Å². The van der Waals surface area contributed by atoms with Crippen LogP contribution in [0.25, 0.3) is 0 Å². The van der Waals surface area contributed by atoms with Crippen LogP contribution in [-0.4, -0.2) is 28.8 Å². The molecule has 7 nitrogen and oxygen atoms in total. The molecule has 0 saturated carbocycles. The standard InChI is InChI=1S/C13H14N4O3/c1-7-11(14)12(17-16-7)15-13(18)10-6-19-8-4-2-3-5-9(8)20-10/h2-5,10H,6,14H2,1H3,(H2,15,16,17,18). The summed E-state index contributed by atoms with van der Waals surface area (Å²) >= 11 is 0. The van der Waals surface area contributed by atoms with Crippen LogP contribution in [0.2, 0.25) is 0 Å². The van der Waals surface area contributed by atoms with Crippen LogP contribution in [0.15, 0.2) is 24.3 Å². The average molecular weight is 274 g/mol. The van der Waals surface area contributed by atoms with Crippen LogP contribution in [0.5, 0.6) is 11.5 Å². The highest BCUT2D eigenvalue weighted by Gasteiger charge is 2.28. The van der Waals surface area contributed by atoms with Crippen LogP contribution in [0.4, 0.5) is 11.5 Å². The summed E-state index contributed by atoms with van der Waals surface area (Å²) in [5.74, 6) is 1.13. The number of hydrogen-bond donors (Lipinski definition) is 3. The number of benzene rings is 1. The van der Waals surface area contributed by atoms with Gasteiger partial charge < -0.3 is 20.5 Å². The Morgan fingerprint density at radius 2 is 2.20 bits per heavy atom. The summed E-state index contributed by atoms with van der Waals surface area (Å²) in [7, 11) is 0. The zero-order valence-corrected chi connectivity index (χ0v) is 10.8. The van der Waals surface area contributed by atoms with Crippen LogP contribution in [0, 0.1) is 6.92 Å². The van der Waals surface area contributed by atoms with Crippen molar-refractivity contribution in [2.75, 3.05) is 17.7 Å². The Balaban J connectivity index is 1.72. The lowest BCUT2D eigenvalue weighted by Crippen LogP contribution is -2.40. The zero-order valence-electron chi connectivity index (χ0n) is 10.8. The second-order valence-corrected chi connectivity index (χ2v) is 4.46. The Morgan fingerprint density at radius 1 is 1.45 bits per heavy atom. The fourth-order valence-electron chi connectivity index (χ4n) is 1.88. The topological polar surface area (TPSA) is 102 Å². The van der Waals surface area contributed by atoms with Crippen molar-refractivity contribution in [3.8, 4) is 11.5 Å². The van der Waals surface area contributed by atoms with Gasteiger partial charge in [0.1, 0.15) is 6.61 Å².